The summed E-state index contributed by atoms with van der Waals surface area (Å²) < 4.78 is 3.79. The van der Waals surface area contributed by atoms with Crippen molar-refractivity contribution in [3.8, 4) is 0 Å². The summed E-state index contributed by atoms with van der Waals surface area (Å²) in [5, 5.41) is 6.82. The van der Waals surface area contributed by atoms with Crippen molar-refractivity contribution < 1.29 is 4.79 Å². The van der Waals surface area contributed by atoms with Gasteiger partial charge in [-0.2, -0.15) is 0 Å². The van der Waals surface area contributed by atoms with Crippen LogP contribution in [0.1, 0.15) is 47.1 Å². The first-order valence-electron chi connectivity index (χ1n) is 6.32. The van der Waals surface area contributed by atoms with Gasteiger partial charge in [0.1, 0.15) is 4.88 Å². The summed E-state index contributed by atoms with van der Waals surface area (Å²) in [6.07, 6.45) is 1.04. The molecule has 5 heteroatoms. The molecule has 0 bridgehead atoms. The number of hydrogen-bond acceptors (Lipinski definition) is 4. The molecule has 1 amide bonds. The number of benzene rings is 1. The number of nitrogens with one attached hydrogen (secondary N) is 1. The number of nitrogens with zero attached hydrogens (tertiary/aromatic N) is 2. The molecule has 1 atom stereocenters. The zero-order valence-corrected chi connectivity index (χ0v) is 12.1. The van der Waals surface area contributed by atoms with Crippen molar-refractivity contribution in [2.24, 2.45) is 0 Å². The van der Waals surface area contributed by atoms with Gasteiger partial charge in [0.15, 0.2) is 0 Å². The number of hydrogen-bond donors (Lipinski definition) is 1. The smallest absolute Gasteiger partial charge is 0.269 e. The average Bonchev–Trinajstić information content (AvgIpc) is 2.85. The Morgan fingerprint density at radius 1 is 1.42 bits per heavy atom. The van der Waals surface area contributed by atoms with E-state index in [2.05, 4.69) is 34.8 Å². The van der Waals surface area contributed by atoms with E-state index in [9.17, 15) is 4.79 Å². The third-order valence-corrected chi connectivity index (χ3v) is 4.04. The van der Waals surface area contributed by atoms with Crippen molar-refractivity contribution in [2.45, 2.75) is 33.1 Å². The van der Waals surface area contributed by atoms with Crippen molar-refractivity contribution in [1.29, 1.82) is 0 Å². The summed E-state index contributed by atoms with van der Waals surface area (Å²) in [5.74, 6) is 0.278. The largest absolute Gasteiger partial charge is 0.321 e. The van der Waals surface area contributed by atoms with Gasteiger partial charge in [-0.3, -0.25) is 4.79 Å². The molecule has 2 rings (SSSR count). The molecule has 0 saturated carbocycles. The molecule has 0 unspecified atom stereocenters. The fraction of sp³-hybridized carbons (Fsp3) is 0.357. The highest BCUT2D eigenvalue weighted by Crippen LogP contribution is 2.27. The zero-order valence-electron chi connectivity index (χ0n) is 11.3. The second-order valence-electron chi connectivity index (χ2n) is 4.54. The molecule has 0 spiro atoms. The van der Waals surface area contributed by atoms with Crippen LogP contribution < -0.4 is 5.32 Å². The van der Waals surface area contributed by atoms with Crippen molar-refractivity contribution >= 4 is 23.1 Å². The summed E-state index contributed by atoms with van der Waals surface area (Å²) in [7, 11) is 0. The Labute approximate surface area is 117 Å². The quantitative estimate of drug-likeness (QED) is 0.927. The number of para-hydroxylation sites is 1. The molecule has 4 nitrogen and oxygen atoms in total. The Hall–Kier alpha value is -1.75. The first-order valence-corrected chi connectivity index (χ1v) is 7.10. The standard InChI is InChI=1S/C14H17N3OS/c1-4-9(2)11-7-5-6-8-12(11)15-14(18)13-10(3)16-17-19-13/h5-9H,4H2,1-3H3,(H,15,18)/t9-/m0/s1. The number of carbonyl (C=O) groups excluding carboxylic acids is 1. The van der Waals surface area contributed by atoms with Crippen molar-refractivity contribution in [3.63, 3.8) is 0 Å². The molecule has 0 radical (unpaired) electrons. The lowest BCUT2D eigenvalue weighted by atomic mass is 9.97. The maximum absolute atomic E-state index is 12.2. The second-order valence-corrected chi connectivity index (χ2v) is 5.29. The number of aryl methyl sites for hydroxylation is 1. The topological polar surface area (TPSA) is 54.9 Å². The SMILES string of the molecule is CC[C@H](C)c1ccccc1NC(=O)c1snnc1C. The van der Waals surface area contributed by atoms with E-state index in [1.165, 1.54) is 0 Å². The summed E-state index contributed by atoms with van der Waals surface area (Å²) in [6, 6.07) is 7.92. The van der Waals surface area contributed by atoms with Crippen LogP contribution in [0.4, 0.5) is 5.69 Å². The predicted octanol–water partition coefficient (Wildman–Crippen LogP) is 3.61. The minimum absolute atomic E-state index is 0.136. The van der Waals surface area contributed by atoms with Crippen LogP contribution in [0.3, 0.4) is 0 Å². The maximum atomic E-state index is 12.2. The van der Waals surface area contributed by atoms with Gasteiger partial charge in [0.25, 0.3) is 5.91 Å². The number of anilines is 1. The molecule has 0 aliphatic carbocycles. The molecule has 1 aromatic heterocycles. The van der Waals surface area contributed by atoms with Crippen LogP contribution in [0.15, 0.2) is 24.3 Å². The molecular formula is C14H17N3OS. The van der Waals surface area contributed by atoms with Gasteiger partial charge in [0.2, 0.25) is 0 Å². The van der Waals surface area contributed by atoms with Gasteiger partial charge in [-0.15, -0.1) is 5.10 Å². The van der Waals surface area contributed by atoms with Crippen LogP contribution in [0.2, 0.25) is 0 Å². The number of carbonyl (C=O) groups is 1. The van der Waals surface area contributed by atoms with Crippen LogP contribution in [-0.4, -0.2) is 15.5 Å². The van der Waals surface area contributed by atoms with E-state index in [1.54, 1.807) is 6.92 Å². The lowest BCUT2D eigenvalue weighted by Gasteiger charge is -2.15. The summed E-state index contributed by atoms with van der Waals surface area (Å²) in [4.78, 5) is 12.7. The highest BCUT2D eigenvalue weighted by Gasteiger charge is 2.16. The first kappa shape index (κ1) is 13.7. The van der Waals surface area contributed by atoms with E-state index >= 15 is 0 Å². The predicted molar refractivity (Wildman–Crippen MR) is 77.7 cm³/mol. The molecular weight excluding hydrogens is 258 g/mol. The minimum atomic E-state index is -0.136. The molecule has 1 heterocycles. The van der Waals surface area contributed by atoms with Gasteiger partial charge < -0.3 is 5.32 Å². The number of aromatic nitrogens is 2. The Balaban J connectivity index is 2.24. The number of amides is 1. The summed E-state index contributed by atoms with van der Waals surface area (Å²) >= 11 is 1.12. The number of rotatable bonds is 4. The first-order chi connectivity index (χ1) is 9.13. The van der Waals surface area contributed by atoms with E-state index in [0.717, 1.165) is 29.2 Å². The molecule has 0 fully saturated rings. The normalized spacial score (nSPS) is 12.2. The third kappa shape index (κ3) is 2.98. The third-order valence-electron chi connectivity index (χ3n) is 3.21. The van der Waals surface area contributed by atoms with Gasteiger partial charge in [-0.1, -0.05) is 36.5 Å². The average molecular weight is 275 g/mol. The monoisotopic (exact) mass is 275 g/mol. The van der Waals surface area contributed by atoms with Gasteiger partial charge in [-0.05, 0) is 42.4 Å². The molecule has 2 aromatic rings. The molecule has 0 aliphatic rings. The van der Waals surface area contributed by atoms with E-state index in [1.807, 2.05) is 18.2 Å². The van der Waals surface area contributed by atoms with Crippen LogP contribution in [0.5, 0.6) is 0 Å². The Morgan fingerprint density at radius 3 is 2.79 bits per heavy atom. The Morgan fingerprint density at radius 2 is 2.16 bits per heavy atom. The lowest BCUT2D eigenvalue weighted by Crippen LogP contribution is -2.13. The molecule has 19 heavy (non-hydrogen) atoms. The van der Waals surface area contributed by atoms with Crippen molar-refractivity contribution in [2.75, 3.05) is 5.32 Å². The molecule has 1 N–H and O–H groups in total. The van der Waals surface area contributed by atoms with Crippen molar-refractivity contribution in [3.05, 3.63) is 40.4 Å². The fourth-order valence-electron chi connectivity index (χ4n) is 1.88. The fourth-order valence-corrected chi connectivity index (χ4v) is 2.43. The summed E-state index contributed by atoms with van der Waals surface area (Å²) in [5.41, 5.74) is 2.70. The van der Waals surface area contributed by atoms with Crippen molar-refractivity contribution in [1.82, 2.24) is 9.59 Å². The van der Waals surface area contributed by atoms with Gasteiger partial charge in [-0.25, -0.2) is 0 Å². The Kier molecular flexibility index (Phi) is 4.27. The van der Waals surface area contributed by atoms with Crippen LogP contribution in [0, 0.1) is 6.92 Å². The van der Waals surface area contributed by atoms with Gasteiger partial charge in [0, 0.05) is 5.69 Å². The minimum Gasteiger partial charge on any atom is -0.321 e. The van der Waals surface area contributed by atoms with Crippen LogP contribution >= 0.6 is 11.5 Å². The van der Waals surface area contributed by atoms with Gasteiger partial charge in [0.05, 0.1) is 5.69 Å². The van der Waals surface area contributed by atoms with E-state index < -0.39 is 0 Å². The maximum Gasteiger partial charge on any atom is 0.269 e. The lowest BCUT2D eigenvalue weighted by molar-refractivity contribution is 0.102. The highest BCUT2D eigenvalue weighted by molar-refractivity contribution is 7.08. The van der Waals surface area contributed by atoms with E-state index in [-0.39, 0.29) is 5.91 Å². The van der Waals surface area contributed by atoms with E-state index in [4.69, 9.17) is 0 Å². The van der Waals surface area contributed by atoms with Gasteiger partial charge >= 0.3 is 0 Å². The Bertz CT molecular complexity index is 580. The highest BCUT2D eigenvalue weighted by atomic mass is 32.1. The molecule has 0 aliphatic heterocycles. The van der Waals surface area contributed by atoms with Crippen LogP contribution in [-0.2, 0) is 0 Å². The summed E-state index contributed by atoms with van der Waals surface area (Å²) in [6.45, 7) is 6.09. The van der Waals surface area contributed by atoms with E-state index in [0.29, 0.717) is 16.5 Å². The molecule has 100 valence electrons. The second kappa shape index (κ2) is 5.93. The molecule has 1 aromatic carbocycles. The van der Waals surface area contributed by atoms with Crippen LogP contribution in [0.25, 0.3) is 0 Å². The zero-order chi connectivity index (χ0) is 13.8. The molecule has 0 saturated heterocycles.